The fraction of sp³-hybridized carbons (Fsp3) is 0.542. The second-order valence-electron chi connectivity index (χ2n) is 9.71. The number of β-amino-alcohol motifs (C(OH)–C–C–N with tert-alkyl or cyclic N) is 1. The molecule has 1 aromatic rings. The number of nitrogens with two attached hydrogens (primary N) is 2. The molecule has 10 nitrogen and oxygen atoms in total. The summed E-state index contributed by atoms with van der Waals surface area (Å²) in [5.74, 6) is 0.581. The Hall–Kier alpha value is -3.11. The molecule has 3 rings (SSSR count). The molecular formula is C24H38N6O4. The van der Waals surface area contributed by atoms with Crippen molar-refractivity contribution in [3.63, 3.8) is 0 Å². The standard InChI is InChI=1S/C24H38N6O4/c1-24(2,3)34-23(33)30-14-19(21(32)15-30)29-11-9-28(10-12-29)18(22(26)27-4)13-17(25)16-7-5-6-8-20(16)31/h5-8,13,19,21,27,31-32H,9-12,14-15,25-26H2,1-4H3/b17-13-,22-18-. The number of allylic oxidation sites excluding steroid dienone is 1. The Morgan fingerprint density at radius 2 is 1.76 bits per heavy atom. The van der Waals surface area contributed by atoms with Crippen LogP contribution < -0.4 is 16.8 Å². The van der Waals surface area contributed by atoms with Gasteiger partial charge in [0.2, 0.25) is 0 Å². The van der Waals surface area contributed by atoms with Crippen molar-refractivity contribution in [1.82, 2.24) is 20.0 Å². The molecule has 2 saturated heterocycles. The van der Waals surface area contributed by atoms with Gasteiger partial charge in [0.25, 0.3) is 0 Å². The molecule has 2 atom stereocenters. The van der Waals surface area contributed by atoms with E-state index >= 15 is 0 Å². The third-order valence-electron chi connectivity index (χ3n) is 6.09. The fourth-order valence-corrected chi connectivity index (χ4v) is 4.31. The van der Waals surface area contributed by atoms with Gasteiger partial charge in [-0.15, -0.1) is 0 Å². The zero-order chi connectivity index (χ0) is 25.0. The van der Waals surface area contributed by atoms with Crippen molar-refractivity contribution in [3.05, 3.63) is 47.4 Å². The number of ether oxygens (including phenoxy) is 1. The van der Waals surface area contributed by atoms with Crippen LogP contribution in [0.1, 0.15) is 26.3 Å². The zero-order valence-corrected chi connectivity index (χ0v) is 20.5. The number of nitrogens with zero attached hydrogens (tertiary/aromatic N) is 3. The minimum atomic E-state index is -0.631. The first kappa shape index (κ1) is 25.5. The molecular weight excluding hydrogens is 436 g/mol. The number of amides is 1. The second kappa shape index (κ2) is 10.4. The van der Waals surface area contributed by atoms with Crippen molar-refractivity contribution in [1.29, 1.82) is 0 Å². The first-order valence-electron chi connectivity index (χ1n) is 11.6. The number of phenols is 1. The minimum Gasteiger partial charge on any atom is -0.507 e. The number of piperazine rings is 1. The molecule has 10 heteroatoms. The fourth-order valence-electron chi connectivity index (χ4n) is 4.31. The number of hydrogen-bond donors (Lipinski definition) is 5. The summed E-state index contributed by atoms with van der Waals surface area (Å²) in [6, 6.07) is 6.75. The number of aliphatic hydroxyl groups excluding tert-OH is 1. The molecule has 0 spiro atoms. The number of carbonyl (C=O) groups excluding carboxylic acids is 1. The van der Waals surface area contributed by atoms with Crippen molar-refractivity contribution >= 4 is 11.8 Å². The van der Waals surface area contributed by atoms with Crippen molar-refractivity contribution in [2.45, 2.75) is 38.5 Å². The molecule has 2 fully saturated rings. The number of para-hydroxylation sites is 1. The highest BCUT2D eigenvalue weighted by molar-refractivity contribution is 5.70. The number of hydrogen-bond acceptors (Lipinski definition) is 9. The normalized spacial score (nSPS) is 23.0. The summed E-state index contributed by atoms with van der Waals surface area (Å²) in [5, 5.41) is 23.8. The number of likely N-dealkylation sites (tertiary alicyclic amines) is 1. The molecule has 0 bridgehead atoms. The molecule has 188 valence electrons. The number of benzene rings is 1. The van der Waals surface area contributed by atoms with Gasteiger partial charge in [-0.1, -0.05) is 12.1 Å². The van der Waals surface area contributed by atoms with Crippen molar-refractivity contribution in [2.75, 3.05) is 46.3 Å². The molecule has 0 saturated carbocycles. The lowest BCUT2D eigenvalue weighted by Crippen LogP contribution is -2.53. The van der Waals surface area contributed by atoms with Crippen LogP contribution in [-0.4, -0.2) is 95.1 Å². The molecule has 2 unspecified atom stereocenters. The maximum absolute atomic E-state index is 12.4. The summed E-state index contributed by atoms with van der Waals surface area (Å²) in [4.78, 5) is 18.3. The maximum Gasteiger partial charge on any atom is 0.410 e. The number of rotatable bonds is 5. The zero-order valence-electron chi connectivity index (χ0n) is 20.5. The molecule has 34 heavy (non-hydrogen) atoms. The summed E-state index contributed by atoms with van der Waals surface area (Å²) in [6.45, 7) is 8.89. The highest BCUT2D eigenvalue weighted by Gasteiger charge is 2.40. The van der Waals surface area contributed by atoms with E-state index in [1.54, 1.807) is 36.2 Å². The first-order chi connectivity index (χ1) is 16.0. The SMILES string of the molecule is CN/C(N)=C(/C=C(\N)c1ccccc1O)N1CCN(C2CN(C(=O)OC(C)(C)C)CC2O)CC1. The van der Waals surface area contributed by atoms with Crippen LogP contribution in [0.15, 0.2) is 41.9 Å². The van der Waals surface area contributed by atoms with Gasteiger partial charge < -0.3 is 41.5 Å². The molecule has 7 N–H and O–H groups in total. The lowest BCUT2D eigenvalue weighted by molar-refractivity contribution is 0.0268. The Morgan fingerprint density at radius 1 is 1.12 bits per heavy atom. The Kier molecular flexibility index (Phi) is 7.83. The van der Waals surface area contributed by atoms with Gasteiger partial charge in [-0.3, -0.25) is 4.90 Å². The van der Waals surface area contributed by atoms with Gasteiger partial charge in [-0.25, -0.2) is 4.79 Å². The van der Waals surface area contributed by atoms with Crippen LogP contribution in [0.2, 0.25) is 0 Å². The van der Waals surface area contributed by atoms with Gasteiger partial charge >= 0.3 is 6.09 Å². The lowest BCUT2D eigenvalue weighted by Gasteiger charge is -2.40. The van der Waals surface area contributed by atoms with Crippen LogP contribution >= 0.6 is 0 Å². The number of aliphatic hydroxyl groups is 1. The predicted molar refractivity (Wildman–Crippen MR) is 131 cm³/mol. The lowest BCUT2D eigenvalue weighted by atomic mass is 10.1. The van der Waals surface area contributed by atoms with E-state index in [0.29, 0.717) is 49.8 Å². The van der Waals surface area contributed by atoms with Crippen molar-refractivity contribution < 1.29 is 19.7 Å². The molecule has 1 aromatic carbocycles. The largest absolute Gasteiger partial charge is 0.507 e. The Balaban J connectivity index is 1.67. The smallest absolute Gasteiger partial charge is 0.410 e. The van der Waals surface area contributed by atoms with Crippen molar-refractivity contribution in [3.8, 4) is 5.75 Å². The Labute approximate surface area is 201 Å². The number of nitrogens with one attached hydrogen (secondary N) is 1. The predicted octanol–water partition coefficient (Wildman–Crippen LogP) is 0.637. The summed E-state index contributed by atoms with van der Waals surface area (Å²) in [6.07, 6.45) is 0.739. The monoisotopic (exact) mass is 474 g/mol. The van der Waals surface area contributed by atoms with E-state index < -0.39 is 17.8 Å². The third kappa shape index (κ3) is 6.06. The van der Waals surface area contributed by atoms with Crippen LogP contribution in [0.25, 0.3) is 5.70 Å². The highest BCUT2D eigenvalue weighted by Crippen LogP contribution is 2.25. The van der Waals surface area contributed by atoms with E-state index in [-0.39, 0.29) is 18.3 Å². The van der Waals surface area contributed by atoms with Crippen LogP contribution in [0, 0.1) is 0 Å². The van der Waals surface area contributed by atoms with Crippen LogP contribution in [0.3, 0.4) is 0 Å². The average Bonchev–Trinajstić information content (AvgIpc) is 3.18. The van der Waals surface area contributed by atoms with Gasteiger partial charge in [-0.2, -0.15) is 0 Å². The van der Waals surface area contributed by atoms with Crippen LogP contribution in [-0.2, 0) is 4.74 Å². The number of carbonyl (C=O) groups is 1. The third-order valence-corrected chi connectivity index (χ3v) is 6.09. The van der Waals surface area contributed by atoms with E-state index in [2.05, 4.69) is 15.1 Å². The molecule has 0 radical (unpaired) electrons. The Bertz CT molecular complexity index is 934. The molecule has 0 aliphatic carbocycles. The van der Waals surface area contributed by atoms with Gasteiger partial charge in [-0.05, 0) is 39.0 Å². The van der Waals surface area contributed by atoms with Gasteiger partial charge in [0.1, 0.15) is 17.2 Å². The second-order valence-corrected chi connectivity index (χ2v) is 9.71. The van der Waals surface area contributed by atoms with E-state index in [1.165, 1.54) is 0 Å². The average molecular weight is 475 g/mol. The van der Waals surface area contributed by atoms with E-state index in [9.17, 15) is 15.0 Å². The van der Waals surface area contributed by atoms with Crippen LogP contribution in [0.5, 0.6) is 5.75 Å². The summed E-state index contributed by atoms with van der Waals surface area (Å²) in [5.41, 5.74) is 13.7. The molecule has 2 heterocycles. The molecule has 2 aliphatic heterocycles. The summed E-state index contributed by atoms with van der Waals surface area (Å²) >= 11 is 0. The van der Waals surface area contributed by atoms with Gasteiger partial charge in [0.15, 0.2) is 0 Å². The molecule has 1 amide bonds. The highest BCUT2D eigenvalue weighted by atomic mass is 16.6. The summed E-state index contributed by atoms with van der Waals surface area (Å²) in [7, 11) is 1.75. The van der Waals surface area contributed by atoms with E-state index in [0.717, 1.165) is 5.70 Å². The number of aromatic hydroxyl groups is 1. The molecule has 0 aromatic heterocycles. The first-order valence-corrected chi connectivity index (χ1v) is 11.6. The minimum absolute atomic E-state index is 0.105. The topological polar surface area (TPSA) is 141 Å². The Morgan fingerprint density at radius 3 is 2.35 bits per heavy atom. The van der Waals surface area contributed by atoms with Gasteiger partial charge in [0.05, 0.1) is 24.4 Å². The van der Waals surface area contributed by atoms with E-state index in [4.69, 9.17) is 16.2 Å². The summed E-state index contributed by atoms with van der Waals surface area (Å²) < 4.78 is 5.46. The maximum atomic E-state index is 12.4. The molecule has 2 aliphatic rings. The number of phenolic OH excluding ortho intramolecular Hbond substituents is 1. The van der Waals surface area contributed by atoms with E-state index in [1.807, 2.05) is 26.8 Å². The van der Waals surface area contributed by atoms with Gasteiger partial charge in [0, 0.05) is 51.0 Å². The quantitative estimate of drug-likeness (QED) is 0.389. The van der Waals surface area contributed by atoms with Crippen molar-refractivity contribution in [2.24, 2.45) is 11.5 Å². The van der Waals surface area contributed by atoms with Crippen LogP contribution in [0.4, 0.5) is 4.79 Å².